The Morgan fingerprint density at radius 1 is 0.867 bits per heavy atom. The molecule has 5 nitrogen and oxygen atoms in total. The standard InChI is InChI=1S/C25H19NO4/c27-25(26-20-12-13-23-24(14-20)30-16-29-23)19-10-8-17(9-11-19)15-28-22-7-3-5-18-4-1-2-6-21(18)22/h1-14H,15-16H2,(H,26,27). The van der Waals surface area contributed by atoms with Gasteiger partial charge in [0.1, 0.15) is 12.4 Å². The van der Waals surface area contributed by atoms with E-state index in [4.69, 9.17) is 14.2 Å². The molecule has 0 fully saturated rings. The summed E-state index contributed by atoms with van der Waals surface area (Å²) in [7, 11) is 0. The molecule has 0 atom stereocenters. The zero-order valence-corrected chi connectivity index (χ0v) is 16.1. The van der Waals surface area contributed by atoms with Crippen molar-refractivity contribution in [2.45, 2.75) is 6.61 Å². The minimum absolute atomic E-state index is 0.185. The fourth-order valence-electron chi connectivity index (χ4n) is 3.41. The van der Waals surface area contributed by atoms with Crippen molar-refractivity contribution in [3.63, 3.8) is 0 Å². The number of carbonyl (C=O) groups excluding carboxylic acids is 1. The van der Waals surface area contributed by atoms with Crippen LogP contribution in [0.2, 0.25) is 0 Å². The van der Waals surface area contributed by atoms with Crippen molar-refractivity contribution in [1.29, 1.82) is 0 Å². The zero-order chi connectivity index (χ0) is 20.3. The van der Waals surface area contributed by atoms with Gasteiger partial charge in [-0.15, -0.1) is 0 Å². The molecule has 0 saturated heterocycles. The first-order chi connectivity index (χ1) is 14.8. The zero-order valence-electron chi connectivity index (χ0n) is 16.1. The van der Waals surface area contributed by atoms with Crippen molar-refractivity contribution in [1.82, 2.24) is 0 Å². The molecule has 0 bridgehead atoms. The summed E-state index contributed by atoms with van der Waals surface area (Å²) >= 11 is 0. The average Bonchev–Trinajstić information content (AvgIpc) is 3.26. The van der Waals surface area contributed by atoms with Crippen molar-refractivity contribution in [3.05, 3.63) is 96.1 Å². The summed E-state index contributed by atoms with van der Waals surface area (Å²) in [5.41, 5.74) is 2.22. The molecule has 0 spiro atoms. The normalized spacial score (nSPS) is 12.0. The van der Waals surface area contributed by atoms with Crippen molar-refractivity contribution in [3.8, 4) is 17.2 Å². The van der Waals surface area contributed by atoms with Gasteiger partial charge in [0, 0.05) is 22.7 Å². The second kappa shape index (κ2) is 7.79. The van der Waals surface area contributed by atoms with Crippen LogP contribution in [0.25, 0.3) is 10.8 Å². The number of ether oxygens (including phenoxy) is 3. The van der Waals surface area contributed by atoms with Crippen LogP contribution in [0, 0.1) is 0 Å². The smallest absolute Gasteiger partial charge is 0.255 e. The number of amides is 1. The minimum Gasteiger partial charge on any atom is -0.488 e. The van der Waals surface area contributed by atoms with Gasteiger partial charge >= 0.3 is 0 Å². The van der Waals surface area contributed by atoms with E-state index in [1.807, 2.05) is 42.5 Å². The van der Waals surface area contributed by atoms with E-state index in [0.717, 1.165) is 22.1 Å². The number of rotatable bonds is 5. The van der Waals surface area contributed by atoms with Gasteiger partial charge < -0.3 is 19.5 Å². The van der Waals surface area contributed by atoms with Crippen molar-refractivity contribution in [2.75, 3.05) is 12.1 Å². The molecule has 4 aromatic rings. The summed E-state index contributed by atoms with van der Waals surface area (Å²) in [5.74, 6) is 1.98. The van der Waals surface area contributed by atoms with Gasteiger partial charge in [-0.05, 0) is 41.3 Å². The third-order valence-electron chi connectivity index (χ3n) is 4.99. The maximum absolute atomic E-state index is 12.5. The Balaban J connectivity index is 1.24. The lowest BCUT2D eigenvalue weighted by Crippen LogP contribution is -2.11. The van der Waals surface area contributed by atoms with Crippen LogP contribution >= 0.6 is 0 Å². The van der Waals surface area contributed by atoms with E-state index in [1.54, 1.807) is 30.3 Å². The number of anilines is 1. The molecule has 0 unspecified atom stereocenters. The second-order valence-corrected chi connectivity index (χ2v) is 6.99. The number of hydrogen-bond acceptors (Lipinski definition) is 4. The molecule has 1 aliphatic rings. The van der Waals surface area contributed by atoms with Crippen LogP contribution in [-0.2, 0) is 6.61 Å². The first-order valence-corrected chi connectivity index (χ1v) is 9.67. The molecule has 1 amide bonds. The highest BCUT2D eigenvalue weighted by atomic mass is 16.7. The highest BCUT2D eigenvalue weighted by Gasteiger charge is 2.14. The number of benzene rings is 4. The van der Waals surface area contributed by atoms with Gasteiger partial charge in [0.05, 0.1) is 0 Å². The number of nitrogens with one attached hydrogen (secondary N) is 1. The predicted molar refractivity (Wildman–Crippen MR) is 115 cm³/mol. The number of fused-ring (bicyclic) bond motifs is 2. The maximum atomic E-state index is 12.5. The van der Waals surface area contributed by atoms with Gasteiger partial charge in [-0.2, -0.15) is 0 Å². The molecule has 1 N–H and O–H groups in total. The van der Waals surface area contributed by atoms with E-state index >= 15 is 0 Å². The molecule has 0 aromatic heterocycles. The van der Waals surface area contributed by atoms with Crippen LogP contribution in [0.3, 0.4) is 0 Å². The molecule has 5 heteroatoms. The topological polar surface area (TPSA) is 56.8 Å². The Hall–Kier alpha value is -3.99. The summed E-state index contributed by atoms with van der Waals surface area (Å²) in [6.45, 7) is 0.632. The highest BCUT2D eigenvalue weighted by Crippen LogP contribution is 2.34. The molecule has 0 aliphatic carbocycles. The first-order valence-electron chi connectivity index (χ1n) is 9.67. The Bertz CT molecular complexity index is 1210. The van der Waals surface area contributed by atoms with Gasteiger partial charge in [0.2, 0.25) is 6.79 Å². The molecule has 148 valence electrons. The van der Waals surface area contributed by atoms with Gasteiger partial charge in [-0.25, -0.2) is 0 Å². The fourth-order valence-corrected chi connectivity index (χ4v) is 3.41. The van der Waals surface area contributed by atoms with E-state index < -0.39 is 0 Å². The van der Waals surface area contributed by atoms with Crippen molar-refractivity contribution < 1.29 is 19.0 Å². The fraction of sp³-hybridized carbons (Fsp3) is 0.0800. The largest absolute Gasteiger partial charge is 0.488 e. The molecule has 1 aliphatic heterocycles. The monoisotopic (exact) mass is 397 g/mol. The molecule has 30 heavy (non-hydrogen) atoms. The molecule has 1 heterocycles. The Morgan fingerprint density at radius 3 is 2.57 bits per heavy atom. The van der Waals surface area contributed by atoms with Crippen LogP contribution in [0.1, 0.15) is 15.9 Å². The van der Waals surface area contributed by atoms with Crippen LogP contribution < -0.4 is 19.5 Å². The molecule has 5 rings (SSSR count). The number of hydrogen-bond donors (Lipinski definition) is 1. The predicted octanol–water partition coefficient (Wildman–Crippen LogP) is 5.40. The highest BCUT2D eigenvalue weighted by molar-refractivity contribution is 6.04. The van der Waals surface area contributed by atoms with E-state index in [1.165, 1.54) is 0 Å². The molecule has 0 saturated carbocycles. The summed E-state index contributed by atoms with van der Waals surface area (Å²) in [6.07, 6.45) is 0. The summed E-state index contributed by atoms with van der Waals surface area (Å²) in [4.78, 5) is 12.5. The van der Waals surface area contributed by atoms with E-state index in [2.05, 4.69) is 17.4 Å². The van der Waals surface area contributed by atoms with Crippen LogP contribution in [-0.4, -0.2) is 12.7 Å². The summed E-state index contributed by atoms with van der Waals surface area (Å²) in [5, 5.41) is 5.11. The van der Waals surface area contributed by atoms with E-state index in [0.29, 0.717) is 29.4 Å². The maximum Gasteiger partial charge on any atom is 0.255 e. The van der Waals surface area contributed by atoms with Gasteiger partial charge in [0.25, 0.3) is 5.91 Å². The molecular formula is C25H19NO4. The van der Waals surface area contributed by atoms with Crippen molar-refractivity contribution >= 4 is 22.4 Å². The average molecular weight is 397 g/mol. The van der Waals surface area contributed by atoms with E-state index in [-0.39, 0.29) is 12.7 Å². The third-order valence-corrected chi connectivity index (χ3v) is 4.99. The molecule has 0 radical (unpaired) electrons. The summed E-state index contributed by atoms with van der Waals surface area (Å²) in [6, 6.07) is 26.9. The van der Waals surface area contributed by atoms with Crippen LogP contribution in [0.5, 0.6) is 17.2 Å². The quantitative estimate of drug-likeness (QED) is 0.490. The summed E-state index contributed by atoms with van der Waals surface area (Å²) < 4.78 is 16.7. The number of carbonyl (C=O) groups is 1. The van der Waals surface area contributed by atoms with Gasteiger partial charge in [-0.1, -0.05) is 48.5 Å². The lowest BCUT2D eigenvalue weighted by Gasteiger charge is -2.10. The first kappa shape index (κ1) is 18.1. The van der Waals surface area contributed by atoms with E-state index in [9.17, 15) is 4.79 Å². The second-order valence-electron chi connectivity index (χ2n) is 6.99. The lowest BCUT2D eigenvalue weighted by atomic mass is 10.1. The Kier molecular flexibility index (Phi) is 4.69. The minimum atomic E-state index is -0.185. The third kappa shape index (κ3) is 3.65. The van der Waals surface area contributed by atoms with Gasteiger partial charge in [-0.3, -0.25) is 4.79 Å². The van der Waals surface area contributed by atoms with Crippen LogP contribution in [0.4, 0.5) is 5.69 Å². The molecular weight excluding hydrogens is 378 g/mol. The molecule has 4 aromatic carbocycles. The SMILES string of the molecule is O=C(Nc1ccc2c(c1)OCO2)c1ccc(COc2cccc3ccccc23)cc1. The van der Waals surface area contributed by atoms with Crippen LogP contribution in [0.15, 0.2) is 84.9 Å². The Morgan fingerprint density at radius 2 is 1.67 bits per heavy atom. The Labute approximate surface area is 173 Å². The van der Waals surface area contributed by atoms with Crippen molar-refractivity contribution in [2.24, 2.45) is 0 Å². The van der Waals surface area contributed by atoms with Gasteiger partial charge in [0.15, 0.2) is 11.5 Å². The lowest BCUT2D eigenvalue weighted by molar-refractivity contribution is 0.102.